The third-order valence-corrected chi connectivity index (χ3v) is 3.77. The van der Waals surface area contributed by atoms with Gasteiger partial charge in [-0.3, -0.25) is 0 Å². The molecule has 0 radical (unpaired) electrons. The number of halogens is 3. The number of benzene rings is 1. The van der Waals surface area contributed by atoms with Crippen LogP contribution in [0, 0.1) is 0 Å². The van der Waals surface area contributed by atoms with Crippen LogP contribution in [0.3, 0.4) is 0 Å². The van der Waals surface area contributed by atoms with E-state index in [1.54, 1.807) is 18.2 Å². The molecule has 0 saturated heterocycles. The lowest BCUT2D eigenvalue weighted by Gasteiger charge is -2.17. The number of urea groups is 1. The van der Waals surface area contributed by atoms with Crippen molar-refractivity contribution in [1.29, 1.82) is 0 Å². The molecule has 96 valence electrons. The SMILES string of the molecule is O=C1N=C2C=CC(c3c(Cl)cc(Cl)cc3Cl)C=C2N1. The Kier molecular flexibility index (Phi) is 3.13. The molecule has 0 bridgehead atoms. The average Bonchev–Trinajstić information content (AvgIpc) is 2.67. The molecule has 1 heterocycles. The van der Waals surface area contributed by atoms with Gasteiger partial charge < -0.3 is 5.32 Å². The minimum atomic E-state index is -0.361. The first-order chi connectivity index (χ1) is 9.04. The molecule has 0 spiro atoms. The van der Waals surface area contributed by atoms with Crippen LogP contribution in [-0.2, 0) is 0 Å². The summed E-state index contributed by atoms with van der Waals surface area (Å²) < 4.78 is 0. The summed E-state index contributed by atoms with van der Waals surface area (Å²) >= 11 is 18.3. The van der Waals surface area contributed by atoms with Gasteiger partial charge in [0.2, 0.25) is 0 Å². The molecular weight excluding hydrogens is 307 g/mol. The lowest BCUT2D eigenvalue weighted by Crippen LogP contribution is -2.17. The number of carbonyl (C=O) groups excluding carboxylic acids is 1. The molecule has 1 aliphatic carbocycles. The lowest BCUT2D eigenvalue weighted by molar-refractivity contribution is 0.253. The van der Waals surface area contributed by atoms with E-state index in [0.717, 1.165) is 5.56 Å². The van der Waals surface area contributed by atoms with Gasteiger partial charge in [0.05, 0.1) is 11.4 Å². The molecule has 0 aromatic heterocycles. The van der Waals surface area contributed by atoms with Crippen molar-refractivity contribution in [2.45, 2.75) is 5.92 Å². The molecule has 1 aromatic carbocycles. The molecule has 1 unspecified atom stereocenters. The van der Waals surface area contributed by atoms with Crippen LogP contribution in [0.15, 0.2) is 41.1 Å². The van der Waals surface area contributed by atoms with Crippen LogP contribution in [0.4, 0.5) is 4.79 Å². The summed E-state index contributed by atoms with van der Waals surface area (Å²) in [7, 11) is 0. The van der Waals surface area contributed by atoms with Gasteiger partial charge in [0.25, 0.3) is 0 Å². The van der Waals surface area contributed by atoms with Crippen LogP contribution in [0.2, 0.25) is 15.1 Å². The van der Waals surface area contributed by atoms with E-state index in [1.807, 2.05) is 12.2 Å². The largest absolute Gasteiger partial charge is 0.346 e. The second-order valence-electron chi connectivity index (χ2n) is 4.18. The number of hydrogen-bond donors (Lipinski definition) is 1. The topological polar surface area (TPSA) is 41.5 Å². The fourth-order valence-electron chi connectivity index (χ4n) is 2.11. The number of allylic oxidation sites excluding steroid dienone is 3. The molecule has 1 atom stereocenters. The Balaban J connectivity index is 2.04. The van der Waals surface area contributed by atoms with Crippen LogP contribution in [-0.4, -0.2) is 11.7 Å². The normalized spacial score (nSPS) is 20.8. The highest BCUT2D eigenvalue weighted by Gasteiger charge is 2.24. The van der Waals surface area contributed by atoms with Gasteiger partial charge in [-0.05, 0) is 24.3 Å². The zero-order valence-corrected chi connectivity index (χ0v) is 11.7. The van der Waals surface area contributed by atoms with Crippen LogP contribution in [0.5, 0.6) is 0 Å². The van der Waals surface area contributed by atoms with Crippen molar-refractivity contribution in [1.82, 2.24) is 5.32 Å². The first-order valence-electron chi connectivity index (χ1n) is 5.49. The van der Waals surface area contributed by atoms with E-state index in [9.17, 15) is 4.79 Å². The second kappa shape index (κ2) is 4.67. The number of amides is 2. The molecule has 2 aliphatic rings. The molecule has 3 nitrogen and oxygen atoms in total. The molecule has 19 heavy (non-hydrogen) atoms. The zero-order valence-electron chi connectivity index (χ0n) is 9.45. The van der Waals surface area contributed by atoms with Crippen molar-refractivity contribution in [2.75, 3.05) is 0 Å². The summed E-state index contributed by atoms with van der Waals surface area (Å²) in [6.45, 7) is 0. The Morgan fingerprint density at radius 2 is 1.84 bits per heavy atom. The Morgan fingerprint density at radius 3 is 2.53 bits per heavy atom. The van der Waals surface area contributed by atoms with Crippen LogP contribution in [0.25, 0.3) is 0 Å². The van der Waals surface area contributed by atoms with E-state index in [4.69, 9.17) is 34.8 Å². The summed E-state index contributed by atoms with van der Waals surface area (Å²) in [5.74, 6) is -0.121. The molecule has 2 amide bonds. The number of nitrogens with zero attached hydrogens (tertiary/aromatic N) is 1. The van der Waals surface area contributed by atoms with Gasteiger partial charge in [-0.1, -0.05) is 40.9 Å². The van der Waals surface area contributed by atoms with E-state index in [-0.39, 0.29) is 11.9 Å². The van der Waals surface area contributed by atoms with Crippen molar-refractivity contribution in [3.05, 3.63) is 56.7 Å². The number of carbonyl (C=O) groups is 1. The number of nitrogens with one attached hydrogen (secondary N) is 1. The number of aliphatic imine (C=N–C) groups is 1. The molecule has 0 fully saturated rings. The quantitative estimate of drug-likeness (QED) is 0.823. The van der Waals surface area contributed by atoms with E-state index >= 15 is 0 Å². The third kappa shape index (κ3) is 2.29. The summed E-state index contributed by atoms with van der Waals surface area (Å²) in [5, 5.41) is 4.14. The van der Waals surface area contributed by atoms with Crippen LogP contribution >= 0.6 is 34.8 Å². The summed E-state index contributed by atoms with van der Waals surface area (Å²) in [6.07, 6.45) is 5.54. The predicted octanol–water partition coefficient (Wildman–Crippen LogP) is 4.35. The van der Waals surface area contributed by atoms with Gasteiger partial charge in [0.1, 0.15) is 0 Å². The highest BCUT2D eigenvalue weighted by Crippen LogP contribution is 2.37. The molecule has 0 saturated carbocycles. The summed E-state index contributed by atoms with van der Waals surface area (Å²) in [5.41, 5.74) is 2.07. The molecule has 6 heteroatoms. The molecule has 1 N–H and O–H groups in total. The van der Waals surface area contributed by atoms with Crippen molar-refractivity contribution in [3.63, 3.8) is 0 Å². The van der Waals surface area contributed by atoms with E-state index in [1.165, 1.54) is 0 Å². The van der Waals surface area contributed by atoms with E-state index in [2.05, 4.69) is 10.3 Å². The maximum absolute atomic E-state index is 11.2. The van der Waals surface area contributed by atoms with E-state index in [0.29, 0.717) is 26.5 Å². The Bertz CT molecular complexity index is 653. The zero-order chi connectivity index (χ0) is 13.6. The van der Waals surface area contributed by atoms with Crippen molar-refractivity contribution < 1.29 is 4.79 Å². The second-order valence-corrected chi connectivity index (χ2v) is 5.43. The number of fused-ring (bicyclic) bond motifs is 1. The van der Waals surface area contributed by atoms with Crippen LogP contribution < -0.4 is 5.32 Å². The van der Waals surface area contributed by atoms with Gasteiger partial charge in [-0.15, -0.1) is 0 Å². The van der Waals surface area contributed by atoms with Gasteiger partial charge >= 0.3 is 6.03 Å². The Hall–Kier alpha value is -1.29. The predicted molar refractivity (Wildman–Crippen MR) is 77.4 cm³/mol. The van der Waals surface area contributed by atoms with Gasteiger partial charge in [-0.25, -0.2) is 4.79 Å². The van der Waals surface area contributed by atoms with E-state index < -0.39 is 0 Å². The first kappa shape index (κ1) is 12.7. The number of hydrogen-bond acceptors (Lipinski definition) is 1. The van der Waals surface area contributed by atoms with Crippen molar-refractivity contribution >= 4 is 46.5 Å². The minimum absolute atomic E-state index is 0.121. The van der Waals surface area contributed by atoms with Crippen molar-refractivity contribution in [3.8, 4) is 0 Å². The number of rotatable bonds is 1. The minimum Gasteiger partial charge on any atom is -0.304 e. The summed E-state index contributed by atoms with van der Waals surface area (Å²) in [4.78, 5) is 15.0. The maximum atomic E-state index is 11.2. The first-order valence-corrected chi connectivity index (χ1v) is 6.62. The fourth-order valence-corrected chi connectivity index (χ4v) is 3.18. The lowest BCUT2D eigenvalue weighted by atomic mass is 9.92. The Morgan fingerprint density at radius 1 is 1.16 bits per heavy atom. The maximum Gasteiger partial charge on any atom is 0.346 e. The third-order valence-electron chi connectivity index (χ3n) is 2.92. The molecular formula is C13H7Cl3N2O. The molecule has 3 rings (SSSR count). The summed E-state index contributed by atoms with van der Waals surface area (Å²) in [6, 6.07) is 2.93. The van der Waals surface area contributed by atoms with Gasteiger partial charge in [-0.2, -0.15) is 4.99 Å². The smallest absolute Gasteiger partial charge is 0.304 e. The van der Waals surface area contributed by atoms with Crippen molar-refractivity contribution in [2.24, 2.45) is 4.99 Å². The van der Waals surface area contributed by atoms with Gasteiger partial charge in [0, 0.05) is 26.5 Å². The standard InChI is InChI=1S/C13H7Cl3N2O/c14-7-4-8(15)12(9(16)5-7)6-1-2-10-11(3-6)18-13(19)17-10/h1-6H,(H,18,19). The Labute approximate surface area is 124 Å². The highest BCUT2D eigenvalue weighted by molar-refractivity contribution is 6.39. The fraction of sp³-hybridized carbons (Fsp3) is 0.0769. The molecule has 1 aromatic rings. The van der Waals surface area contributed by atoms with Crippen LogP contribution in [0.1, 0.15) is 11.5 Å². The monoisotopic (exact) mass is 312 g/mol. The average molecular weight is 314 g/mol. The molecule has 1 aliphatic heterocycles. The highest BCUT2D eigenvalue weighted by atomic mass is 35.5. The van der Waals surface area contributed by atoms with Gasteiger partial charge in [0.15, 0.2) is 0 Å².